The van der Waals surface area contributed by atoms with Crippen LogP contribution in [-0.2, 0) is 17.7 Å². The number of nitrogens with zero attached hydrogens (tertiary/aromatic N) is 1. The molecule has 0 aliphatic heterocycles. The predicted octanol–water partition coefficient (Wildman–Crippen LogP) is 3.34. The van der Waals surface area contributed by atoms with Crippen molar-refractivity contribution in [3.8, 4) is 0 Å². The molecule has 114 valence electrons. The number of ether oxygens (including phenoxy) is 1. The number of aromatic nitrogens is 1. The van der Waals surface area contributed by atoms with Crippen LogP contribution in [0.2, 0.25) is 0 Å². The second kappa shape index (κ2) is 6.92. The Hall–Kier alpha value is -1.30. The molecule has 0 aliphatic carbocycles. The van der Waals surface area contributed by atoms with Crippen molar-refractivity contribution in [2.45, 2.75) is 59.6 Å². The van der Waals surface area contributed by atoms with Crippen LogP contribution in [0.25, 0.3) is 0 Å². The standard InChI is InChI=1S/C14H25N3O2S/c1-6-9(2)7-10-11(20-12(15)17-10)8-16-13(18)19-14(3,4)5/h9H,6-8H2,1-5H3,(H2,15,17)(H,16,18). The van der Waals surface area contributed by atoms with Gasteiger partial charge < -0.3 is 15.8 Å². The van der Waals surface area contributed by atoms with E-state index in [9.17, 15) is 4.79 Å². The summed E-state index contributed by atoms with van der Waals surface area (Å²) in [4.78, 5) is 17.0. The summed E-state index contributed by atoms with van der Waals surface area (Å²) in [6, 6.07) is 0. The molecule has 0 fully saturated rings. The number of carbonyl (C=O) groups excluding carboxylic acids is 1. The van der Waals surface area contributed by atoms with Gasteiger partial charge in [0.2, 0.25) is 0 Å². The molecule has 0 bridgehead atoms. The van der Waals surface area contributed by atoms with Crippen LogP contribution in [0.5, 0.6) is 0 Å². The summed E-state index contributed by atoms with van der Waals surface area (Å²) < 4.78 is 5.21. The Morgan fingerprint density at radius 3 is 2.70 bits per heavy atom. The normalized spacial score (nSPS) is 13.1. The van der Waals surface area contributed by atoms with Crippen molar-refractivity contribution in [3.63, 3.8) is 0 Å². The largest absolute Gasteiger partial charge is 0.444 e. The highest BCUT2D eigenvalue weighted by Gasteiger charge is 2.17. The molecule has 1 aromatic heterocycles. The minimum absolute atomic E-state index is 0.412. The van der Waals surface area contributed by atoms with Gasteiger partial charge in [0.15, 0.2) is 5.13 Å². The molecule has 0 saturated heterocycles. The van der Waals surface area contributed by atoms with Gasteiger partial charge in [-0.1, -0.05) is 20.3 Å². The summed E-state index contributed by atoms with van der Waals surface area (Å²) in [5.41, 5.74) is 6.26. The van der Waals surface area contributed by atoms with Gasteiger partial charge in [-0.25, -0.2) is 9.78 Å². The Kier molecular flexibility index (Phi) is 5.80. The van der Waals surface area contributed by atoms with Gasteiger partial charge in [0, 0.05) is 4.88 Å². The Balaban J connectivity index is 2.61. The fourth-order valence-electron chi connectivity index (χ4n) is 1.64. The van der Waals surface area contributed by atoms with Crippen LogP contribution in [0.15, 0.2) is 0 Å². The van der Waals surface area contributed by atoms with Gasteiger partial charge in [0.05, 0.1) is 12.2 Å². The third-order valence-electron chi connectivity index (χ3n) is 2.83. The molecular formula is C14H25N3O2S. The van der Waals surface area contributed by atoms with Gasteiger partial charge in [-0.05, 0) is 33.1 Å². The van der Waals surface area contributed by atoms with Crippen molar-refractivity contribution < 1.29 is 9.53 Å². The molecule has 0 saturated carbocycles. The molecule has 0 aromatic carbocycles. The minimum Gasteiger partial charge on any atom is -0.444 e. The molecule has 6 heteroatoms. The number of nitrogen functional groups attached to an aromatic ring is 1. The van der Waals surface area contributed by atoms with Gasteiger partial charge in [-0.2, -0.15) is 0 Å². The second-order valence-corrected chi connectivity index (χ2v) is 7.11. The van der Waals surface area contributed by atoms with Crippen LogP contribution < -0.4 is 11.1 Å². The monoisotopic (exact) mass is 299 g/mol. The van der Waals surface area contributed by atoms with Gasteiger partial charge in [0.25, 0.3) is 0 Å². The van der Waals surface area contributed by atoms with E-state index in [-0.39, 0.29) is 0 Å². The van der Waals surface area contributed by atoms with Crippen molar-refractivity contribution >= 4 is 22.6 Å². The summed E-state index contributed by atoms with van der Waals surface area (Å²) in [6.45, 7) is 10.3. The summed E-state index contributed by atoms with van der Waals surface area (Å²) in [5.74, 6) is 0.553. The molecule has 1 unspecified atom stereocenters. The van der Waals surface area contributed by atoms with E-state index in [1.165, 1.54) is 11.3 Å². The summed E-state index contributed by atoms with van der Waals surface area (Å²) in [5, 5.41) is 3.30. The first-order chi connectivity index (χ1) is 9.21. The lowest BCUT2D eigenvalue weighted by molar-refractivity contribution is 0.0524. The highest BCUT2D eigenvalue weighted by molar-refractivity contribution is 7.15. The second-order valence-electron chi connectivity index (χ2n) is 5.99. The molecule has 5 nitrogen and oxygen atoms in total. The van der Waals surface area contributed by atoms with Crippen LogP contribution in [0, 0.1) is 5.92 Å². The molecule has 0 aliphatic rings. The number of nitrogens with two attached hydrogens (primary N) is 1. The Labute approximate surface area is 124 Å². The number of hydrogen-bond acceptors (Lipinski definition) is 5. The quantitative estimate of drug-likeness (QED) is 0.874. The van der Waals surface area contributed by atoms with Crippen molar-refractivity contribution in [1.82, 2.24) is 10.3 Å². The van der Waals surface area contributed by atoms with Gasteiger partial charge in [-0.3, -0.25) is 0 Å². The highest BCUT2D eigenvalue weighted by atomic mass is 32.1. The number of alkyl carbamates (subject to hydrolysis) is 1. The number of anilines is 1. The number of nitrogens with one attached hydrogen (secondary N) is 1. The molecule has 1 heterocycles. The zero-order chi connectivity index (χ0) is 15.3. The lowest BCUT2D eigenvalue weighted by atomic mass is 10.0. The maximum Gasteiger partial charge on any atom is 0.407 e. The number of rotatable bonds is 5. The van der Waals surface area contributed by atoms with Crippen molar-refractivity contribution in [3.05, 3.63) is 10.6 Å². The SMILES string of the molecule is CCC(C)Cc1nc(N)sc1CNC(=O)OC(C)(C)C. The molecule has 20 heavy (non-hydrogen) atoms. The minimum atomic E-state index is -0.490. The van der Waals surface area contributed by atoms with E-state index in [0.29, 0.717) is 17.6 Å². The fraction of sp³-hybridized carbons (Fsp3) is 0.714. The topological polar surface area (TPSA) is 77.2 Å². The van der Waals surface area contributed by atoms with E-state index >= 15 is 0 Å². The first-order valence-corrected chi connectivity index (χ1v) is 7.73. The molecule has 3 N–H and O–H groups in total. The van der Waals surface area contributed by atoms with Gasteiger partial charge in [-0.15, -0.1) is 11.3 Å². The average molecular weight is 299 g/mol. The molecule has 0 spiro atoms. The first-order valence-electron chi connectivity index (χ1n) is 6.92. The lowest BCUT2D eigenvalue weighted by Crippen LogP contribution is -2.32. The van der Waals surface area contributed by atoms with E-state index in [2.05, 4.69) is 24.1 Å². The van der Waals surface area contributed by atoms with Crippen molar-refractivity contribution in [1.29, 1.82) is 0 Å². The molecular weight excluding hydrogens is 274 g/mol. The first kappa shape index (κ1) is 16.8. The Morgan fingerprint density at radius 1 is 1.50 bits per heavy atom. The summed E-state index contributed by atoms with van der Waals surface area (Å²) in [7, 11) is 0. The van der Waals surface area contributed by atoms with E-state index in [4.69, 9.17) is 10.5 Å². The number of hydrogen-bond donors (Lipinski definition) is 2. The maximum atomic E-state index is 11.6. The van der Waals surface area contributed by atoms with Crippen molar-refractivity contribution in [2.75, 3.05) is 5.73 Å². The summed E-state index contributed by atoms with van der Waals surface area (Å²) in [6.07, 6.45) is 1.56. The average Bonchev–Trinajstić information content (AvgIpc) is 2.64. The highest BCUT2D eigenvalue weighted by Crippen LogP contribution is 2.23. The molecule has 1 rings (SSSR count). The number of amides is 1. The van der Waals surface area contributed by atoms with Crippen LogP contribution >= 0.6 is 11.3 Å². The van der Waals surface area contributed by atoms with Crippen LogP contribution in [-0.4, -0.2) is 16.7 Å². The van der Waals surface area contributed by atoms with E-state index in [0.717, 1.165) is 23.4 Å². The van der Waals surface area contributed by atoms with Gasteiger partial charge >= 0.3 is 6.09 Å². The Morgan fingerprint density at radius 2 is 2.15 bits per heavy atom. The van der Waals surface area contributed by atoms with Crippen LogP contribution in [0.1, 0.15) is 51.6 Å². The van der Waals surface area contributed by atoms with Gasteiger partial charge in [0.1, 0.15) is 5.60 Å². The van der Waals surface area contributed by atoms with Crippen molar-refractivity contribution in [2.24, 2.45) is 5.92 Å². The van der Waals surface area contributed by atoms with E-state index < -0.39 is 11.7 Å². The molecule has 1 amide bonds. The van der Waals surface area contributed by atoms with E-state index in [1.807, 2.05) is 20.8 Å². The lowest BCUT2D eigenvalue weighted by Gasteiger charge is -2.19. The fourth-order valence-corrected chi connectivity index (χ4v) is 2.44. The maximum absolute atomic E-state index is 11.6. The zero-order valence-corrected chi connectivity index (χ0v) is 13.8. The summed E-state index contributed by atoms with van der Waals surface area (Å²) >= 11 is 1.42. The smallest absolute Gasteiger partial charge is 0.407 e. The Bertz CT molecular complexity index is 452. The zero-order valence-electron chi connectivity index (χ0n) is 12.9. The molecule has 0 radical (unpaired) electrons. The van der Waals surface area contributed by atoms with Crippen LogP contribution in [0.3, 0.4) is 0 Å². The van der Waals surface area contributed by atoms with E-state index in [1.54, 1.807) is 0 Å². The van der Waals surface area contributed by atoms with Crippen LogP contribution in [0.4, 0.5) is 9.93 Å². The third-order valence-corrected chi connectivity index (χ3v) is 3.75. The molecule has 1 atom stereocenters. The number of thiazole rings is 1. The molecule has 1 aromatic rings. The third kappa shape index (κ3) is 5.77. The predicted molar refractivity (Wildman–Crippen MR) is 82.8 cm³/mol. The number of carbonyl (C=O) groups is 1.